The average Bonchev–Trinajstić information content (AvgIpc) is 2.84. The largest absolute Gasteiger partial charge is 0.420 e. The van der Waals surface area contributed by atoms with Crippen molar-refractivity contribution in [2.75, 3.05) is 27.3 Å². The lowest BCUT2D eigenvalue weighted by Gasteiger charge is -2.31. The Balaban J connectivity index is 1.98. The van der Waals surface area contributed by atoms with Crippen LogP contribution >= 0.6 is 0 Å². The van der Waals surface area contributed by atoms with Crippen LogP contribution in [0.1, 0.15) is 44.9 Å². The summed E-state index contributed by atoms with van der Waals surface area (Å²) in [5.74, 6) is 0. The highest BCUT2D eigenvalue weighted by atomic mass is 28.4. The van der Waals surface area contributed by atoms with Crippen LogP contribution < -0.4 is 0 Å². The molecular weight excluding hydrogens is 294 g/mol. The molecule has 0 bridgehead atoms. The Morgan fingerprint density at radius 2 is 1.62 bits per heavy atom. The number of hydrogen-bond acceptors (Lipinski definition) is 3. The molecule has 1 aliphatic heterocycles. The molecule has 21 heavy (non-hydrogen) atoms. The molecule has 1 unspecified atom stereocenters. The molecule has 0 amide bonds. The van der Waals surface area contributed by atoms with Crippen molar-refractivity contribution in [3.05, 3.63) is 0 Å². The van der Waals surface area contributed by atoms with Gasteiger partial charge in [-0.1, -0.05) is 32.1 Å². The zero-order valence-corrected chi connectivity index (χ0v) is 17.0. The topological polar surface area (TPSA) is 21.7 Å². The van der Waals surface area contributed by atoms with E-state index in [-0.39, 0.29) is 0 Å². The summed E-state index contributed by atoms with van der Waals surface area (Å²) in [7, 11) is 1.01. The van der Waals surface area contributed by atoms with Gasteiger partial charge in [-0.05, 0) is 57.7 Å². The zero-order chi connectivity index (χ0) is 15.8. The van der Waals surface area contributed by atoms with Gasteiger partial charge in [0.1, 0.15) is 0 Å². The third-order valence-corrected chi connectivity index (χ3v) is 11.8. The number of hydrogen-bond donors (Lipinski definition) is 0. The molecule has 0 aliphatic carbocycles. The van der Waals surface area contributed by atoms with E-state index in [0.29, 0.717) is 0 Å². The Hall–Kier alpha value is 0.314. The van der Waals surface area contributed by atoms with Gasteiger partial charge in [0, 0.05) is 14.2 Å². The van der Waals surface area contributed by atoms with Gasteiger partial charge in [0.15, 0.2) is 8.32 Å². The lowest BCUT2D eigenvalue weighted by atomic mass is 10.1. The maximum absolute atomic E-state index is 5.82. The summed E-state index contributed by atoms with van der Waals surface area (Å²) >= 11 is 0. The van der Waals surface area contributed by atoms with Crippen LogP contribution in [0.15, 0.2) is 0 Å². The molecule has 0 saturated carbocycles. The summed E-state index contributed by atoms with van der Waals surface area (Å²) in [6.07, 6.45) is 9.61. The van der Waals surface area contributed by atoms with Crippen LogP contribution in [0.2, 0.25) is 31.7 Å². The number of unbranched alkanes of at least 4 members (excludes halogenated alkanes) is 5. The maximum atomic E-state index is 5.82. The third kappa shape index (κ3) is 6.95. The Kier molecular flexibility index (Phi) is 8.71. The lowest BCUT2D eigenvalue weighted by Crippen LogP contribution is -2.48. The second kappa shape index (κ2) is 9.45. The fourth-order valence-corrected chi connectivity index (χ4v) is 7.40. The Bertz CT molecular complexity index is 289. The standard InChI is InChI=1S/C16H37NO2Si2/c1-18-20(3,4)15-11-9-7-6-8-10-13-17-14-12-16-21(17,5)19-2/h6-16H2,1-5H3. The van der Waals surface area contributed by atoms with Crippen molar-refractivity contribution in [3.63, 3.8) is 0 Å². The smallest absolute Gasteiger partial charge is 0.267 e. The van der Waals surface area contributed by atoms with Crippen LogP contribution in [0.4, 0.5) is 0 Å². The van der Waals surface area contributed by atoms with Crippen molar-refractivity contribution in [1.29, 1.82) is 0 Å². The molecular formula is C16H37NO2Si2. The molecule has 1 fully saturated rings. The van der Waals surface area contributed by atoms with Crippen LogP contribution in [0.3, 0.4) is 0 Å². The predicted octanol–water partition coefficient (Wildman–Crippen LogP) is 4.60. The zero-order valence-electron chi connectivity index (χ0n) is 15.0. The van der Waals surface area contributed by atoms with Crippen molar-refractivity contribution >= 4 is 16.8 Å². The fourth-order valence-electron chi connectivity index (χ4n) is 3.23. The second-order valence-electron chi connectivity index (χ2n) is 7.30. The van der Waals surface area contributed by atoms with E-state index in [1.165, 1.54) is 70.1 Å². The van der Waals surface area contributed by atoms with Gasteiger partial charge in [0.25, 0.3) is 8.48 Å². The minimum absolute atomic E-state index is 1.26. The lowest BCUT2D eigenvalue weighted by molar-refractivity contribution is 0.311. The summed E-state index contributed by atoms with van der Waals surface area (Å²) in [5, 5.41) is 0. The molecule has 1 saturated heterocycles. The molecule has 0 spiro atoms. The first-order valence-corrected chi connectivity index (χ1v) is 14.5. The first kappa shape index (κ1) is 19.4. The predicted molar refractivity (Wildman–Crippen MR) is 96.6 cm³/mol. The van der Waals surface area contributed by atoms with Gasteiger partial charge in [0.2, 0.25) is 0 Å². The van der Waals surface area contributed by atoms with Crippen LogP contribution in [0, 0.1) is 0 Å². The van der Waals surface area contributed by atoms with Gasteiger partial charge in [-0.2, -0.15) is 0 Å². The molecule has 1 atom stereocenters. The Labute approximate surface area is 134 Å². The molecule has 3 nitrogen and oxygen atoms in total. The van der Waals surface area contributed by atoms with Crippen molar-refractivity contribution in [3.8, 4) is 0 Å². The van der Waals surface area contributed by atoms with E-state index in [2.05, 4.69) is 24.2 Å². The highest BCUT2D eigenvalue weighted by Gasteiger charge is 2.39. The average molecular weight is 332 g/mol. The molecule has 126 valence electrons. The highest BCUT2D eigenvalue weighted by molar-refractivity contribution is 6.71. The van der Waals surface area contributed by atoms with E-state index in [9.17, 15) is 0 Å². The fraction of sp³-hybridized carbons (Fsp3) is 1.00. The van der Waals surface area contributed by atoms with Crippen molar-refractivity contribution in [2.24, 2.45) is 0 Å². The first-order valence-electron chi connectivity index (χ1n) is 8.79. The minimum atomic E-state index is -1.47. The summed E-state index contributed by atoms with van der Waals surface area (Å²) in [5.41, 5.74) is 0. The van der Waals surface area contributed by atoms with Gasteiger partial charge in [-0.3, -0.25) is 0 Å². The van der Waals surface area contributed by atoms with Crippen molar-refractivity contribution in [2.45, 2.75) is 76.7 Å². The van der Waals surface area contributed by atoms with E-state index >= 15 is 0 Å². The maximum Gasteiger partial charge on any atom is 0.267 e. The van der Waals surface area contributed by atoms with Gasteiger partial charge in [0.05, 0.1) is 0 Å². The quantitative estimate of drug-likeness (QED) is 0.408. The molecule has 0 aromatic heterocycles. The molecule has 5 heteroatoms. The molecule has 0 radical (unpaired) electrons. The second-order valence-corrected chi connectivity index (χ2v) is 15.6. The SMILES string of the molecule is CO[Si](C)(C)CCCCCCCCN1CCC[Si]1(C)OC. The highest BCUT2D eigenvalue weighted by Crippen LogP contribution is 2.26. The summed E-state index contributed by atoms with van der Waals surface area (Å²) < 4.78 is 14.1. The molecule has 0 aromatic rings. The van der Waals surface area contributed by atoms with Gasteiger partial charge < -0.3 is 13.4 Å². The van der Waals surface area contributed by atoms with Crippen LogP contribution in [0.5, 0.6) is 0 Å². The molecule has 0 N–H and O–H groups in total. The van der Waals surface area contributed by atoms with E-state index < -0.39 is 16.8 Å². The van der Waals surface area contributed by atoms with E-state index in [1.807, 2.05) is 14.2 Å². The van der Waals surface area contributed by atoms with E-state index in [1.54, 1.807) is 0 Å². The van der Waals surface area contributed by atoms with Crippen molar-refractivity contribution in [1.82, 2.24) is 4.57 Å². The Morgan fingerprint density at radius 3 is 2.24 bits per heavy atom. The minimum Gasteiger partial charge on any atom is -0.420 e. The normalized spacial score (nSPS) is 23.9. The van der Waals surface area contributed by atoms with Gasteiger partial charge >= 0.3 is 0 Å². The molecule has 1 heterocycles. The molecule has 1 aliphatic rings. The van der Waals surface area contributed by atoms with E-state index in [0.717, 1.165) is 0 Å². The monoisotopic (exact) mass is 331 g/mol. The van der Waals surface area contributed by atoms with Crippen LogP contribution in [-0.4, -0.2) is 48.7 Å². The van der Waals surface area contributed by atoms with E-state index in [4.69, 9.17) is 8.85 Å². The third-order valence-electron chi connectivity index (χ3n) is 5.19. The van der Waals surface area contributed by atoms with Gasteiger partial charge in [-0.15, -0.1) is 0 Å². The molecule has 1 rings (SSSR count). The summed E-state index contributed by atoms with van der Waals surface area (Å²) in [4.78, 5) is 0. The summed E-state index contributed by atoms with van der Waals surface area (Å²) in [6, 6.07) is 2.64. The molecule has 0 aromatic carbocycles. The number of nitrogens with zero attached hydrogens (tertiary/aromatic N) is 1. The van der Waals surface area contributed by atoms with Crippen LogP contribution in [-0.2, 0) is 8.85 Å². The van der Waals surface area contributed by atoms with Crippen LogP contribution in [0.25, 0.3) is 0 Å². The Morgan fingerprint density at radius 1 is 1.00 bits per heavy atom. The van der Waals surface area contributed by atoms with Gasteiger partial charge in [-0.25, -0.2) is 0 Å². The first-order chi connectivity index (χ1) is 9.93. The number of rotatable bonds is 11. The van der Waals surface area contributed by atoms with Crippen molar-refractivity contribution < 1.29 is 8.85 Å². The summed E-state index contributed by atoms with van der Waals surface area (Å²) in [6.45, 7) is 9.55.